The molecule has 0 unspecified atom stereocenters. The van der Waals surface area contributed by atoms with Crippen molar-refractivity contribution in [3.63, 3.8) is 0 Å². The number of hydrogen-bond donors (Lipinski definition) is 1. The van der Waals surface area contributed by atoms with Crippen molar-refractivity contribution in [3.8, 4) is 11.3 Å². The predicted octanol–water partition coefficient (Wildman–Crippen LogP) is 4.26. The molecule has 166 valence electrons. The Hall–Kier alpha value is -2.70. The molecule has 3 heterocycles. The van der Waals surface area contributed by atoms with E-state index < -0.39 is 0 Å². The molecule has 1 N–H and O–H groups in total. The Morgan fingerprint density at radius 1 is 1.12 bits per heavy atom. The Kier molecular flexibility index (Phi) is 6.23. The van der Waals surface area contributed by atoms with Crippen molar-refractivity contribution in [2.75, 3.05) is 31.1 Å². The van der Waals surface area contributed by atoms with Crippen molar-refractivity contribution in [1.29, 1.82) is 0 Å². The highest BCUT2D eigenvalue weighted by Gasteiger charge is 2.25. The van der Waals surface area contributed by atoms with Crippen LogP contribution < -0.4 is 10.2 Å². The van der Waals surface area contributed by atoms with Crippen molar-refractivity contribution in [2.45, 2.75) is 38.8 Å². The second-order valence-electron chi connectivity index (χ2n) is 8.87. The molecule has 1 fully saturated rings. The van der Waals surface area contributed by atoms with Gasteiger partial charge in [0, 0.05) is 48.9 Å². The second-order valence-corrected chi connectivity index (χ2v) is 9.93. The van der Waals surface area contributed by atoms with E-state index in [1.807, 2.05) is 6.92 Å². The minimum absolute atomic E-state index is 0.138. The molecular weight excluding hydrogens is 416 g/mol. The Bertz CT molecular complexity index is 1070. The fourth-order valence-corrected chi connectivity index (χ4v) is 5.44. The number of nitrogens with zero attached hydrogens (tertiary/aromatic N) is 3. The van der Waals surface area contributed by atoms with Gasteiger partial charge in [0.2, 0.25) is 5.91 Å². The molecule has 1 aromatic heterocycles. The Labute approximate surface area is 194 Å². The zero-order chi connectivity index (χ0) is 21.9. The molecule has 2 aliphatic rings. The van der Waals surface area contributed by atoms with E-state index in [0.717, 1.165) is 56.1 Å². The normalized spacial score (nSPS) is 16.8. The number of thiazole rings is 1. The third-order valence-electron chi connectivity index (χ3n) is 6.52. The summed E-state index contributed by atoms with van der Waals surface area (Å²) in [6, 6.07) is 17.4. The molecule has 32 heavy (non-hydrogen) atoms. The lowest BCUT2D eigenvalue weighted by molar-refractivity contribution is -0.120. The molecule has 0 atom stereocenters. The van der Waals surface area contributed by atoms with Crippen LogP contribution in [0.15, 0.2) is 53.9 Å². The number of carbonyl (C=O) groups excluding carboxylic acids is 1. The van der Waals surface area contributed by atoms with Crippen LogP contribution in [0.25, 0.3) is 11.3 Å². The van der Waals surface area contributed by atoms with Crippen molar-refractivity contribution in [1.82, 2.24) is 15.2 Å². The number of rotatable bonds is 6. The molecule has 2 aliphatic heterocycles. The van der Waals surface area contributed by atoms with E-state index in [1.54, 1.807) is 11.3 Å². The maximum Gasteiger partial charge on any atom is 0.239 e. The maximum atomic E-state index is 12.8. The minimum atomic E-state index is 0.138. The first-order valence-electron chi connectivity index (χ1n) is 11.5. The van der Waals surface area contributed by atoms with E-state index in [0.29, 0.717) is 6.54 Å². The summed E-state index contributed by atoms with van der Waals surface area (Å²) in [6.45, 7) is 6.43. The van der Waals surface area contributed by atoms with Crippen LogP contribution in [0.5, 0.6) is 0 Å². The molecular formula is C26H30N4OS. The number of anilines is 1. The van der Waals surface area contributed by atoms with Gasteiger partial charge in [0.1, 0.15) is 0 Å². The molecule has 5 rings (SSSR count). The van der Waals surface area contributed by atoms with Gasteiger partial charge < -0.3 is 10.2 Å². The first kappa shape index (κ1) is 21.2. The molecule has 0 radical (unpaired) electrons. The first-order chi connectivity index (χ1) is 15.6. The van der Waals surface area contributed by atoms with E-state index in [2.05, 4.69) is 74.0 Å². The third-order valence-corrected chi connectivity index (χ3v) is 7.30. The lowest BCUT2D eigenvalue weighted by Crippen LogP contribution is -2.47. The fraction of sp³-hybridized carbons (Fsp3) is 0.385. The number of hydrogen-bond acceptors (Lipinski definition) is 5. The summed E-state index contributed by atoms with van der Waals surface area (Å²) < 4.78 is 0. The zero-order valence-electron chi connectivity index (χ0n) is 18.6. The number of amides is 1. The third kappa shape index (κ3) is 4.87. The van der Waals surface area contributed by atoms with Gasteiger partial charge in [-0.05, 0) is 49.4 Å². The van der Waals surface area contributed by atoms with Gasteiger partial charge >= 0.3 is 0 Å². The predicted molar refractivity (Wildman–Crippen MR) is 131 cm³/mol. The molecule has 3 aromatic rings. The molecule has 1 amide bonds. The summed E-state index contributed by atoms with van der Waals surface area (Å²) >= 11 is 1.68. The van der Waals surface area contributed by atoms with Crippen molar-refractivity contribution in [3.05, 3.63) is 70.0 Å². The summed E-state index contributed by atoms with van der Waals surface area (Å²) in [4.78, 5) is 22.1. The summed E-state index contributed by atoms with van der Waals surface area (Å²) in [5, 5.41) is 6.49. The van der Waals surface area contributed by atoms with Gasteiger partial charge in [0.25, 0.3) is 0 Å². The van der Waals surface area contributed by atoms with Gasteiger partial charge in [0.05, 0.1) is 17.2 Å². The summed E-state index contributed by atoms with van der Waals surface area (Å²) in [5.41, 5.74) is 6.08. The van der Waals surface area contributed by atoms with E-state index in [1.165, 1.54) is 22.4 Å². The van der Waals surface area contributed by atoms with Crippen LogP contribution >= 0.6 is 11.3 Å². The standard InChI is InChI=1S/C26H30N4OS/c1-19-27-24(18-32-19)21-7-8-25-22(15-21)9-14-30(25)17-26(31)28-23-10-12-29(13-11-23)16-20-5-3-2-4-6-20/h2-8,15,18,23H,9-14,16-17H2,1H3,(H,28,31). The van der Waals surface area contributed by atoms with E-state index >= 15 is 0 Å². The molecule has 0 saturated carbocycles. The Morgan fingerprint density at radius 2 is 1.94 bits per heavy atom. The van der Waals surface area contributed by atoms with Gasteiger partial charge in [-0.25, -0.2) is 4.98 Å². The maximum absolute atomic E-state index is 12.8. The average molecular weight is 447 g/mol. The molecule has 6 heteroatoms. The summed E-state index contributed by atoms with van der Waals surface area (Å²) in [5.74, 6) is 0.138. The van der Waals surface area contributed by atoms with Crippen molar-refractivity contribution < 1.29 is 4.79 Å². The highest BCUT2D eigenvalue weighted by molar-refractivity contribution is 7.09. The number of aromatic nitrogens is 1. The van der Waals surface area contributed by atoms with Crippen LogP contribution in [0.3, 0.4) is 0 Å². The molecule has 1 saturated heterocycles. The number of likely N-dealkylation sites (tertiary alicyclic amines) is 1. The first-order valence-corrected chi connectivity index (χ1v) is 12.4. The number of carbonyl (C=O) groups is 1. The average Bonchev–Trinajstić information content (AvgIpc) is 3.42. The van der Waals surface area contributed by atoms with E-state index in [4.69, 9.17) is 0 Å². The Balaban J connectivity index is 1.12. The van der Waals surface area contributed by atoms with Gasteiger partial charge in [-0.1, -0.05) is 36.4 Å². The number of fused-ring (bicyclic) bond motifs is 1. The SMILES string of the molecule is Cc1nc(-c2ccc3c(c2)CCN3CC(=O)NC2CCN(Cc3ccccc3)CC2)cs1. The molecule has 2 aromatic carbocycles. The van der Waals surface area contributed by atoms with Crippen LogP contribution in [-0.2, 0) is 17.8 Å². The molecule has 0 aliphatic carbocycles. The van der Waals surface area contributed by atoms with Gasteiger partial charge in [0.15, 0.2) is 0 Å². The Morgan fingerprint density at radius 3 is 2.69 bits per heavy atom. The van der Waals surface area contributed by atoms with Gasteiger partial charge in [-0.15, -0.1) is 11.3 Å². The number of piperidine rings is 1. The van der Waals surface area contributed by atoms with E-state index in [-0.39, 0.29) is 11.9 Å². The number of benzene rings is 2. The van der Waals surface area contributed by atoms with Crippen LogP contribution in [0.2, 0.25) is 0 Å². The van der Waals surface area contributed by atoms with Crippen LogP contribution in [0.4, 0.5) is 5.69 Å². The second kappa shape index (κ2) is 9.43. The monoisotopic (exact) mass is 446 g/mol. The topological polar surface area (TPSA) is 48.5 Å². The van der Waals surface area contributed by atoms with E-state index in [9.17, 15) is 4.79 Å². The largest absolute Gasteiger partial charge is 0.362 e. The zero-order valence-corrected chi connectivity index (χ0v) is 19.4. The number of aryl methyl sites for hydroxylation is 1. The lowest BCUT2D eigenvalue weighted by Gasteiger charge is -2.32. The smallest absolute Gasteiger partial charge is 0.239 e. The number of nitrogens with one attached hydrogen (secondary N) is 1. The summed E-state index contributed by atoms with van der Waals surface area (Å²) in [7, 11) is 0. The highest BCUT2D eigenvalue weighted by Crippen LogP contribution is 2.32. The van der Waals surface area contributed by atoms with Gasteiger partial charge in [-0.3, -0.25) is 9.69 Å². The summed E-state index contributed by atoms with van der Waals surface area (Å²) in [6.07, 6.45) is 3.02. The van der Waals surface area contributed by atoms with Gasteiger partial charge in [-0.2, -0.15) is 0 Å². The molecule has 5 nitrogen and oxygen atoms in total. The molecule has 0 spiro atoms. The minimum Gasteiger partial charge on any atom is -0.362 e. The quantitative estimate of drug-likeness (QED) is 0.615. The fourth-order valence-electron chi connectivity index (χ4n) is 4.81. The van der Waals surface area contributed by atoms with Crippen LogP contribution in [0.1, 0.15) is 29.0 Å². The van der Waals surface area contributed by atoms with Crippen molar-refractivity contribution >= 4 is 22.9 Å². The lowest BCUT2D eigenvalue weighted by atomic mass is 10.0. The van der Waals surface area contributed by atoms with Crippen molar-refractivity contribution in [2.24, 2.45) is 0 Å². The molecule has 0 bridgehead atoms. The van der Waals surface area contributed by atoms with Crippen LogP contribution in [0, 0.1) is 6.92 Å². The van der Waals surface area contributed by atoms with Crippen LogP contribution in [-0.4, -0.2) is 48.0 Å². The highest BCUT2D eigenvalue weighted by atomic mass is 32.1.